The van der Waals surface area contributed by atoms with E-state index in [2.05, 4.69) is 40.5 Å². The van der Waals surface area contributed by atoms with Gasteiger partial charge in [0.05, 0.1) is 0 Å². The van der Waals surface area contributed by atoms with Crippen molar-refractivity contribution in [2.24, 2.45) is 0 Å². The summed E-state index contributed by atoms with van der Waals surface area (Å²) in [5.74, 6) is 0.370. The van der Waals surface area contributed by atoms with Crippen molar-refractivity contribution in [2.45, 2.75) is 38.6 Å². The van der Waals surface area contributed by atoms with Gasteiger partial charge in [-0.15, -0.1) is 0 Å². The van der Waals surface area contributed by atoms with Gasteiger partial charge in [0.1, 0.15) is 0 Å². The van der Waals surface area contributed by atoms with E-state index in [0.29, 0.717) is 6.54 Å². The first-order valence-corrected chi connectivity index (χ1v) is 11.8. The van der Waals surface area contributed by atoms with E-state index in [4.69, 9.17) is 0 Å². The van der Waals surface area contributed by atoms with E-state index in [0.717, 1.165) is 56.7 Å². The van der Waals surface area contributed by atoms with Crippen molar-refractivity contribution in [1.29, 1.82) is 0 Å². The lowest BCUT2D eigenvalue weighted by atomic mass is 9.89. The minimum absolute atomic E-state index is 0.00761. The van der Waals surface area contributed by atoms with Crippen LogP contribution in [0.25, 0.3) is 0 Å². The summed E-state index contributed by atoms with van der Waals surface area (Å²) in [6.07, 6.45) is 2.02. The Morgan fingerprint density at radius 3 is 2.38 bits per heavy atom. The number of urea groups is 1. The molecule has 0 spiro atoms. The van der Waals surface area contributed by atoms with Crippen LogP contribution in [0.2, 0.25) is 0 Å². The highest BCUT2D eigenvalue weighted by Crippen LogP contribution is 2.28. The first kappa shape index (κ1) is 22.2. The molecule has 2 aliphatic heterocycles. The van der Waals surface area contributed by atoms with E-state index in [1.165, 1.54) is 5.69 Å². The van der Waals surface area contributed by atoms with Crippen LogP contribution in [-0.4, -0.2) is 67.0 Å². The molecule has 2 saturated heterocycles. The Kier molecular flexibility index (Phi) is 6.98. The molecule has 32 heavy (non-hydrogen) atoms. The minimum Gasteiger partial charge on any atom is -0.368 e. The molecule has 2 aromatic rings. The molecule has 1 atom stereocenters. The maximum atomic E-state index is 13.2. The fraction of sp³-hybridized carbons (Fsp3) is 0.462. The molecule has 6 nitrogen and oxygen atoms in total. The van der Waals surface area contributed by atoms with Gasteiger partial charge in [0.15, 0.2) is 0 Å². The number of likely N-dealkylation sites (tertiary alicyclic amines) is 1. The van der Waals surface area contributed by atoms with E-state index >= 15 is 0 Å². The topological polar surface area (TPSA) is 55.9 Å². The van der Waals surface area contributed by atoms with Crippen molar-refractivity contribution in [1.82, 2.24) is 15.1 Å². The third-order valence-electron chi connectivity index (χ3n) is 6.41. The second-order valence-electron chi connectivity index (χ2n) is 9.13. The summed E-state index contributed by atoms with van der Waals surface area (Å²) in [5.41, 5.74) is 3.12. The molecule has 4 rings (SSSR count). The monoisotopic (exact) mass is 434 g/mol. The summed E-state index contributed by atoms with van der Waals surface area (Å²) in [6, 6.07) is 18.6. The second kappa shape index (κ2) is 10.1. The normalized spacial score (nSPS) is 19.2. The van der Waals surface area contributed by atoms with Crippen molar-refractivity contribution >= 4 is 17.6 Å². The fourth-order valence-electron chi connectivity index (χ4n) is 4.69. The number of nitrogens with one attached hydrogen (secondary N) is 1. The van der Waals surface area contributed by atoms with Crippen molar-refractivity contribution < 1.29 is 9.59 Å². The number of hydrogen-bond acceptors (Lipinski definition) is 3. The standard InChI is InChI=1S/C26H34N4O2/c1-20(2)27-26(32)30-13-7-10-23(19-30)21-8-6-9-22(18-21)25(31)29-16-14-28(15-17-29)24-11-4-3-5-12-24/h3-6,8-9,11-12,18,20,23H,7,10,13-17,19H2,1-2H3,(H,27,32)/t23-/m1/s1. The van der Waals surface area contributed by atoms with Gasteiger partial charge in [-0.2, -0.15) is 0 Å². The number of anilines is 1. The van der Waals surface area contributed by atoms with Crippen LogP contribution in [0.15, 0.2) is 54.6 Å². The van der Waals surface area contributed by atoms with Gasteiger partial charge in [-0.3, -0.25) is 4.79 Å². The Balaban J connectivity index is 1.38. The zero-order valence-corrected chi connectivity index (χ0v) is 19.2. The number of amides is 3. The summed E-state index contributed by atoms with van der Waals surface area (Å²) in [5, 5.41) is 2.99. The van der Waals surface area contributed by atoms with Crippen LogP contribution >= 0.6 is 0 Å². The molecule has 170 valence electrons. The SMILES string of the molecule is CC(C)NC(=O)N1CCC[C@@H](c2cccc(C(=O)N3CCN(c4ccccc4)CC3)c2)C1. The quantitative estimate of drug-likeness (QED) is 0.793. The number of hydrogen-bond donors (Lipinski definition) is 1. The van der Waals surface area contributed by atoms with Crippen LogP contribution in [0.1, 0.15) is 48.5 Å². The highest BCUT2D eigenvalue weighted by Gasteiger charge is 2.27. The van der Waals surface area contributed by atoms with Crippen molar-refractivity contribution in [3.63, 3.8) is 0 Å². The van der Waals surface area contributed by atoms with Crippen LogP contribution in [0.3, 0.4) is 0 Å². The number of piperazine rings is 1. The zero-order valence-electron chi connectivity index (χ0n) is 19.2. The van der Waals surface area contributed by atoms with E-state index in [-0.39, 0.29) is 23.9 Å². The lowest BCUT2D eigenvalue weighted by Gasteiger charge is -2.36. The predicted octanol–water partition coefficient (Wildman–Crippen LogP) is 3.95. The van der Waals surface area contributed by atoms with Gasteiger partial charge in [0.2, 0.25) is 0 Å². The first-order valence-electron chi connectivity index (χ1n) is 11.8. The molecule has 0 saturated carbocycles. The smallest absolute Gasteiger partial charge is 0.317 e. The summed E-state index contributed by atoms with van der Waals surface area (Å²) >= 11 is 0. The number of rotatable bonds is 4. The Bertz CT molecular complexity index is 922. The molecule has 0 unspecified atom stereocenters. The maximum absolute atomic E-state index is 13.2. The first-order chi connectivity index (χ1) is 15.5. The average Bonchev–Trinajstić information content (AvgIpc) is 2.84. The summed E-state index contributed by atoms with van der Waals surface area (Å²) in [4.78, 5) is 31.9. The van der Waals surface area contributed by atoms with Crippen molar-refractivity contribution in [2.75, 3.05) is 44.2 Å². The van der Waals surface area contributed by atoms with Gasteiger partial charge < -0.3 is 20.0 Å². The Labute approximate surface area is 191 Å². The van der Waals surface area contributed by atoms with Crippen molar-refractivity contribution in [3.05, 3.63) is 65.7 Å². The average molecular weight is 435 g/mol. The summed E-state index contributed by atoms with van der Waals surface area (Å²) < 4.78 is 0. The number of piperidine rings is 1. The fourth-order valence-corrected chi connectivity index (χ4v) is 4.69. The molecule has 0 aliphatic carbocycles. The number of nitrogens with zero attached hydrogens (tertiary/aromatic N) is 3. The molecular formula is C26H34N4O2. The van der Waals surface area contributed by atoms with Gasteiger partial charge >= 0.3 is 6.03 Å². The Hall–Kier alpha value is -3.02. The molecule has 2 aliphatic rings. The van der Waals surface area contributed by atoms with Crippen LogP contribution in [0, 0.1) is 0 Å². The summed E-state index contributed by atoms with van der Waals surface area (Å²) in [6.45, 7) is 8.60. The molecule has 2 aromatic carbocycles. The minimum atomic E-state index is 0.00761. The van der Waals surface area contributed by atoms with Gasteiger partial charge in [-0.1, -0.05) is 30.3 Å². The van der Waals surface area contributed by atoms with E-state index in [9.17, 15) is 9.59 Å². The number of carbonyl (C=O) groups is 2. The number of benzene rings is 2. The van der Waals surface area contributed by atoms with Crippen LogP contribution in [-0.2, 0) is 0 Å². The highest BCUT2D eigenvalue weighted by atomic mass is 16.2. The lowest BCUT2D eigenvalue weighted by molar-refractivity contribution is 0.0746. The lowest BCUT2D eigenvalue weighted by Crippen LogP contribution is -2.48. The van der Waals surface area contributed by atoms with E-state index in [1.54, 1.807) is 0 Å². The van der Waals surface area contributed by atoms with Gasteiger partial charge in [0.25, 0.3) is 5.91 Å². The van der Waals surface area contributed by atoms with Gasteiger partial charge in [-0.05, 0) is 56.5 Å². The third-order valence-corrected chi connectivity index (χ3v) is 6.41. The second-order valence-corrected chi connectivity index (χ2v) is 9.13. The Morgan fingerprint density at radius 2 is 1.66 bits per heavy atom. The molecular weight excluding hydrogens is 400 g/mol. The van der Waals surface area contributed by atoms with Gasteiger partial charge in [-0.25, -0.2) is 4.79 Å². The van der Waals surface area contributed by atoms with E-state index in [1.807, 2.05) is 47.9 Å². The molecule has 6 heteroatoms. The zero-order chi connectivity index (χ0) is 22.5. The molecule has 0 radical (unpaired) electrons. The van der Waals surface area contributed by atoms with Crippen molar-refractivity contribution in [3.8, 4) is 0 Å². The van der Waals surface area contributed by atoms with Crippen LogP contribution < -0.4 is 10.2 Å². The van der Waals surface area contributed by atoms with E-state index < -0.39 is 0 Å². The van der Waals surface area contributed by atoms with Crippen LogP contribution in [0.5, 0.6) is 0 Å². The number of para-hydroxylation sites is 1. The van der Waals surface area contributed by atoms with Gasteiger partial charge in [0, 0.05) is 62.5 Å². The third kappa shape index (κ3) is 5.23. The molecule has 2 fully saturated rings. The molecule has 2 heterocycles. The highest BCUT2D eigenvalue weighted by molar-refractivity contribution is 5.94. The summed E-state index contributed by atoms with van der Waals surface area (Å²) in [7, 11) is 0. The largest absolute Gasteiger partial charge is 0.368 e. The van der Waals surface area contributed by atoms with Crippen LogP contribution in [0.4, 0.5) is 10.5 Å². The molecule has 1 N–H and O–H groups in total. The molecule has 3 amide bonds. The maximum Gasteiger partial charge on any atom is 0.317 e. The predicted molar refractivity (Wildman–Crippen MR) is 128 cm³/mol. The Morgan fingerprint density at radius 1 is 0.906 bits per heavy atom. The number of carbonyl (C=O) groups excluding carboxylic acids is 2. The molecule has 0 bridgehead atoms. The molecule has 0 aromatic heterocycles.